The molecule has 2 aliphatic carbocycles. The van der Waals surface area contributed by atoms with Crippen LogP contribution in [0.2, 0.25) is 0 Å². The van der Waals surface area contributed by atoms with E-state index < -0.39 is 5.92 Å². The minimum absolute atomic E-state index is 0. The van der Waals surface area contributed by atoms with Crippen molar-refractivity contribution in [1.29, 1.82) is 0 Å². The largest absolute Gasteiger partial charge is 0.465 e. The number of carbonyl (C=O) groups excluding carboxylic acids is 4. The Kier molecular flexibility index (Phi) is 20.4. The van der Waals surface area contributed by atoms with E-state index in [-0.39, 0.29) is 63.5 Å². The van der Waals surface area contributed by atoms with Crippen molar-refractivity contribution in [2.24, 2.45) is 17.7 Å². The van der Waals surface area contributed by atoms with Crippen LogP contribution in [0.15, 0.2) is 146 Å². The van der Waals surface area contributed by atoms with Crippen LogP contribution in [-0.2, 0) is 51.5 Å². The lowest BCUT2D eigenvalue weighted by Gasteiger charge is -2.16. The van der Waals surface area contributed by atoms with E-state index in [0.29, 0.717) is 38.3 Å². The first-order valence-corrected chi connectivity index (χ1v) is 22.8. The van der Waals surface area contributed by atoms with Crippen LogP contribution < -0.4 is 22.4 Å². The molecule has 0 unspecified atom stereocenters. The molecule has 2 aliphatic rings. The first-order chi connectivity index (χ1) is 32.7. The molecule has 0 bridgehead atoms. The average Bonchev–Trinajstić information content (AvgIpc) is 3.85. The Bertz CT molecular complexity index is 2520. The maximum atomic E-state index is 12.5. The molecule has 6 aromatic carbocycles. The van der Waals surface area contributed by atoms with Crippen LogP contribution in [0.5, 0.6) is 0 Å². The van der Waals surface area contributed by atoms with Crippen molar-refractivity contribution in [2.45, 2.75) is 91.8 Å². The molecule has 0 saturated carbocycles. The fourth-order valence-corrected chi connectivity index (χ4v) is 8.66. The first kappa shape index (κ1) is 53.0. The van der Waals surface area contributed by atoms with E-state index in [1.165, 1.54) is 33.4 Å². The van der Waals surface area contributed by atoms with Crippen LogP contribution in [0, 0.1) is 5.92 Å². The third-order valence-electron chi connectivity index (χ3n) is 12.2. The van der Waals surface area contributed by atoms with Gasteiger partial charge in [-0.15, -0.1) is 0 Å². The summed E-state index contributed by atoms with van der Waals surface area (Å²) in [6.07, 6.45) is 4.22. The molecule has 0 heterocycles. The summed E-state index contributed by atoms with van der Waals surface area (Å²) in [4.78, 5) is 58.6. The number of anilines is 2. The molecule has 0 radical (unpaired) electrons. The van der Waals surface area contributed by atoms with E-state index in [2.05, 4.69) is 68.8 Å². The molecule has 1 atom stereocenters. The monoisotopic (exact) mass is 934 g/mol. The fraction of sp³-hybridized carbons (Fsp3) is 0.298. The SMILES string of the molecule is C.C.C[C@H](CC(=O)OCC1c2ccccc2-c2ccccc21)C(=O)Nc1ccc(CON)cc1.NOCc1ccc(NC(=O)CCCCCCC(=O)OCC2c3ccccc3-c3ccccc32)cc1. The van der Waals surface area contributed by atoms with Gasteiger partial charge in [-0.05, 0) is 92.7 Å². The second-order valence-electron chi connectivity index (χ2n) is 16.9. The number of unbranched alkanes of at least 4 members (excludes halogenated alkanes) is 3. The minimum Gasteiger partial charge on any atom is -0.465 e. The summed E-state index contributed by atoms with van der Waals surface area (Å²) >= 11 is 0. The molecule has 0 fully saturated rings. The third-order valence-corrected chi connectivity index (χ3v) is 12.2. The molecule has 12 heteroatoms. The Balaban J connectivity index is 0.000000251. The van der Waals surface area contributed by atoms with Gasteiger partial charge < -0.3 is 20.1 Å². The second-order valence-corrected chi connectivity index (χ2v) is 16.9. The van der Waals surface area contributed by atoms with Crippen molar-refractivity contribution in [3.63, 3.8) is 0 Å². The van der Waals surface area contributed by atoms with Gasteiger partial charge in [0.1, 0.15) is 13.2 Å². The van der Waals surface area contributed by atoms with Crippen molar-refractivity contribution in [1.82, 2.24) is 0 Å². The van der Waals surface area contributed by atoms with Crippen molar-refractivity contribution in [3.8, 4) is 22.3 Å². The number of amides is 2. The Morgan fingerprint density at radius 3 is 1.29 bits per heavy atom. The quantitative estimate of drug-likeness (QED) is 0.0327. The van der Waals surface area contributed by atoms with Crippen LogP contribution in [-0.4, -0.2) is 37.0 Å². The molecule has 8 rings (SSSR count). The van der Waals surface area contributed by atoms with Crippen LogP contribution >= 0.6 is 0 Å². The van der Waals surface area contributed by atoms with Gasteiger partial charge in [0.25, 0.3) is 0 Å². The molecule has 2 amide bonds. The Morgan fingerprint density at radius 2 is 0.870 bits per heavy atom. The lowest BCUT2D eigenvalue weighted by Crippen LogP contribution is -2.24. The zero-order valence-corrected chi connectivity index (χ0v) is 37.8. The first-order valence-electron chi connectivity index (χ1n) is 22.8. The molecule has 0 aliphatic heterocycles. The van der Waals surface area contributed by atoms with E-state index in [9.17, 15) is 19.2 Å². The molecule has 0 saturated heterocycles. The summed E-state index contributed by atoms with van der Waals surface area (Å²) in [7, 11) is 0. The smallest absolute Gasteiger partial charge is 0.306 e. The number of hydrogen-bond donors (Lipinski definition) is 4. The molecule has 0 aromatic heterocycles. The van der Waals surface area contributed by atoms with Gasteiger partial charge in [0, 0.05) is 42.0 Å². The van der Waals surface area contributed by atoms with Gasteiger partial charge in [-0.2, -0.15) is 0 Å². The number of rotatable bonds is 20. The van der Waals surface area contributed by atoms with E-state index in [0.717, 1.165) is 53.6 Å². The summed E-state index contributed by atoms with van der Waals surface area (Å²) in [6.45, 7) is 2.98. The third kappa shape index (κ3) is 14.3. The highest BCUT2D eigenvalue weighted by atomic mass is 16.6. The number of benzene rings is 6. The van der Waals surface area contributed by atoms with Crippen molar-refractivity contribution >= 4 is 35.1 Å². The molecular formula is C57H66N4O8. The average molecular weight is 935 g/mol. The van der Waals surface area contributed by atoms with Crippen LogP contribution in [0.1, 0.15) is 112 Å². The maximum absolute atomic E-state index is 12.5. The highest BCUT2D eigenvalue weighted by Gasteiger charge is 2.30. The number of nitrogens with two attached hydrogens (primary N) is 2. The molecule has 69 heavy (non-hydrogen) atoms. The predicted octanol–water partition coefficient (Wildman–Crippen LogP) is 11.4. The number of nitrogens with one attached hydrogen (secondary N) is 2. The van der Waals surface area contributed by atoms with Gasteiger partial charge in [0.15, 0.2) is 0 Å². The summed E-state index contributed by atoms with van der Waals surface area (Å²) < 4.78 is 11.3. The molecule has 6 aromatic rings. The minimum atomic E-state index is -0.516. The standard InChI is InChI=1S/C29H32N2O4.C26H26N2O4.2CH4/c30-35-19-21-15-17-22(18-16-21)31-28(32)13-3-1-2-4-14-29(33)34-20-27-25-11-7-5-9-23(25)24-10-6-8-12-26(24)27;1-17(26(30)28-19-12-10-18(11-13-19)15-32-27)14-25(29)31-16-24-22-8-4-2-6-20(22)21-7-3-5-9-23(21)24;;/h5-12,15-18,27H,1-4,13-14,19-20,30H2,(H,31,32);2-13,17,24H,14-16,27H2,1H3,(H,28,30);2*1H4/t;17-;;/m.1../s1. The molecule has 6 N–H and O–H groups in total. The second kappa shape index (κ2) is 26.5. The van der Waals surface area contributed by atoms with E-state index >= 15 is 0 Å². The van der Waals surface area contributed by atoms with Crippen LogP contribution in [0.4, 0.5) is 11.4 Å². The molecular weight excluding hydrogens is 869 g/mol. The van der Waals surface area contributed by atoms with Crippen molar-refractivity contribution < 1.29 is 38.3 Å². The Labute approximate surface area is 406 Å². The summed E-state index contributed by atoms with van der Waals surface area (Å²) in [6, 6.07) is 47.6. The number of fused-ring (bicyclic) bond motifs is 6. The van der Waals surface area contributed by atoms with Gasteiger partial charge >= 0.3 is 11.9 Å². The summed E-state index contributed by atoms with van der Waals surface area (Å²) in [5, 5.41) is 5.71. The van der Waals surface area contributed by atoms with Gasteiger partial charge in [0.05, 0.1) is 19.6 Å². The number of esters is 2. The van der Waals surface area contributed by atoms with Crippen LogP contribution in [0.3, 0.4) is 0 Å². The molecule has 0 spiro atoms. The fourth-order valence-electron chi connectivity index (χ4n) is 8.66. The highest BCUT2D eigenvalue weighted by molar-refractivity contribution is 5.94. The zero-order valence-electron chi connectivity index (χ0n) is 37.8. The van der Waals surface area contributed by atoms with Gasteiger partial charge in [-0.1, -0.05) is 156 Å². The van der Waals surface area contributed by atoms with Gasteiger partial charge in [-0.3, -0.25) is 28.9 Å². The van der Waals surface area contributed by atoms with Crippen LogP contribution in [0.25, 0.3) is 22.3 Å². The highest BCUT2D eigenvalue weighted by Crippen LogP contribution is 2.45. The van der Waals surface area contributed by atoms with Gasteiger partial charge in [0.2, 0.25) is 11.8 Å². The normalized spacial score (nSPS) is 12.3. The lowest BCUT2D eigenvalue weighted by molar-refractivity contribution is -0.146. The summed E-state index contributed by atoms with van der Waals surface area (Å²) in [5.74, 6) is 8.92. The van der Waals surface area contributed by atoms with E-state index in [4.69, 9.17) is 21.3 Å². The summed E-state index contributed by atoms with van der Waals surface area (Å²) in [5.41, 5.74) is 12.8. The van der Waals surface area contributed by atoms with E-state index in [1.54, 1.807) is 19.1 Å². The Hall–Kier alpha value is -6.96. The molecule has 12 nitrogen and oxygen atoms in total. The predicted molar refractivity (Wildman–Crippen MR) is 272 cm³/mol. The lowest BCUT2D eigenvalue weighted by atomic mass is 9.98. The topological polar surface area (TPSA) is 181 Å². The number of carbonyl (C=O) groups is 4. The Morgan fingerprint density at radius 1 is 0.493 bits per heavy atom. The van der Waals surface area contributed by atoms with E-state index in [1.807, 2.05) is 84.9 Å². The van der Waals surface area contributed by atoms with Crippen molar-refractivity contribution in [3.05, 3.63) is 179 Å². The van der Waals surface area contributed by atoms with Gasteiger partial charge in [-0.25, -0.2) is 11.8 Å². The number of ether oxygens (including phenoxy) is 2. The zero-order chi connectivity index (χ0) is 47.0. The molecule has 362 valence electrons. The maximum Gasteiger partial charge on any atom is 0.306 e. The van der Waals surface area contributed by atoms with Crippen molar-refractivity contribution in [2.75, 3.05) is 23.8 Å². The number of hydrogen-bond acceptors (Lipinski definition) is 10.